The molecule has 94 valence electrons. The first-order valence-corrected chi connectivity index (χ1v) is 5.75. The summed E-state index contributed by atoms with van der Waals surface area (Å²) in [6.45, 7) is 0.561. The van der Waals surface area contributed by atoms with E-state index in [1.165, 1.54) is 0 Å². The SMILES string of the molecule is COc1ccc(N)cc1OCCc1cccnc1. The Kier molecular flexibility index (Phi) is 4.02. The Morgan fingerprint density at radius 1 is 1.22 bits per heavy atom. The predicted molar refractivity (Wildman–Crippen MR) is 70.8 cm³/mol. The molecule has 0 spiro atoms. The zero-order chi connectivity index (χ0) is 12.8. The maximum atomic E-state index is 5.72. The Labute approximate surface area is 106 Å². The summed E-state index contributed by atoms with van der Waals surface area (Å²) in [5.74, 6) is 1.36. The molecule has 0 aliphatic heterocycles. The van der Waals surface area contributed by atoms with Gasteiger partial charge in [0.2, 0.25) is 0 Å². The van der Waals surface area contributed by atoms with E-state index in [1.54, 1.807) is 31.5 Å². The van der Waals surface area contributed by atoms with Gasteiger partial charge in [-0.3, -0.25) is 4.98 Å². The molecule has 0 unspecified atom stereocenters. The van der Waals surface area contributed by atoms with Gasteiger partial charge in [-0.1, -0.05) is 6.07 Å². The van der Waals surface area contributed by atoms with Crippen LogP contribution in [0.3, 0.4) is 0 Å². The van der Waals surface area contributed by atoms with E-state index in [4.69, 9.17) is 15.2 Å². The van der Waals surface area contributed by atoms with Crippen molar-refractivity contribution in [2.45, 2.75) is 6.42 Å². The van der Waals surface area contributed by atoms with E-state index in [-0.39, 0.29) is 0 Å². The van der Waals surface area contributed by atoms with E-state index >= 15 is 0 Å². The molecule has 2 aromatic rings. The number of anilines is 1. The topological polar surface area (TPSA) is 57.4 Å². The van der Waals surface area contributed by atoms with E-state index in [2.05, 4.69) is 4.98 Å². The third-order valence-corrected chi connectivity index (χ3v) is 2.56. The summed E-state index contributed by atoms with van der Waals surface area (Å²) in [4.78, 5) is 4.06. The summed E-state index contributed by atoms with van der Waals surface area (Å²) in [6.07, 6.45) is 4.39. The number of ether oxygens (including phenoxy) is 2. The van der Waals surface area contributed by atoms with Gasteiger partial charge in [0.1, 0.15) is 0 Å². The molecule has 2 rings (SSSR count). The Morgan fingerprint density at radius 3 is 2.83 bits per heavy atom. The van der Waals surface area contributed by atoms with Crippen LogP contribution in [0.15, 0.2) is 42.7 Å². The van der Waals surface area contributed by atoms with Crippen molar-refractivity contribution in [3.63, 3.8) is 0 Å². The minimum atomic E-state index is 0.561. The van der Waals surface area contributed by atoms with Crippen molar-refractivity contribution in [1.82, 2.24) is 4.98 Å². The van der Waals surface area contributed by atoms with Crippen molar-refractivity contribution in [3.8, 4) is 11.5 Å². The van der Waals surface area contributed by atoms with Gasteiger partial charge in [0.25, 0.3) is 0 Å². The summed E-state index contributed by atoms with van der Waals surface area (Å²) in [7, 11) is 1.61. The number of hydrogen-bond donors (Lipinski definition) is 1. The lowest BCUT2D eigenvalue weighted by atomic mass is 10.2. The molecule has 0 saturated carbocycles. The molecule has 0 fully saturated rings. The Morgan fingerprint density at radius 2 is 2.11 bits per heavy atom. The number of benzene rings is 1. The van der Waals surface area contributed by atoms with Crippen LogP contribution >= 0.6 is 0 Å². The smallest absolute Gasteiger partial charge is 0.163 e. The van der Waals surface area contributed by atoms with Gasteiger partial charge in [0, 0.05) is 30.6 Å². The monoisotopic (exact) mass is 244 g/mol. The largest absolute Gasteiger partial charge is 0.493 e. The number of aromatic nitrogens is 1. The molecule has 2 N–H and O–H groups in total. The average molecular weight is 244 g/mol. The molecular weight excluding hydrogens is 228 g/mol. The van der Waals surface area contributed by atoms with Crippen molar-refractivity contribution in [2.24, 2.45) is 0 Å². The van der Waals surface area contributed by atoms with Crippen molar-refractivity contribution in [3.05, 3.63) is 48.3 Å². The lowest BCUT2D eigenvalue weighted by Gasteiger charge is -2.11. The molecule has 4 nitrogen and oxygen atoms in total. The molecule has 0 amide bonds. The minimum Gasteiger partial charge on any atom is -0.493 e. The first kappa shape index (κ1) is 12.2. The van der Waals surface area contributed by atoms with Crippen molar-refractivity contribution >= 4 is 5.69 Å². The fourth-order valence-electron chi connectivity index (χ4n) is 1.63. The van der Waals surface area contributed by atoms with Crippen LogP contribution in [0.4, 0.5) is 5.69 Å². The van der Waals surface area contributed by atoms with Crippen LogP contribution in [-0.4, -0.2) is 18.7 Å². The summed E-state index contributed by atoms with van der Waals surface area (Å²) >= 11 is 0. The second kappa shape index (κ2) is 5.91. The number of nitrogen functional groups attached to an aromatic ring is 1. The van der Waals surface area contributed by atoms with Crippen LogP contribution < -0.4 is 15.2 Å². The maximum Gasteiger partial charge on any atom is 0.163 e. The fraction of sp³-hybridized carbons (Fsp3) is 0.214. The van der Waals surface area contributed by atoms with Crippen LogP contribution in [0.1, 0.15) is 5.56 Å². The average Bonchev–Trinajstić information content (AvgIpc) is 2.40. The zero-order valence-corrected chi connectivity index (χ0v) is 10.3. The van der Waals surface area contributed by atoms with E-state index in [1.807, 2.05) is 18.3 Å². The molecule has 18 heavy (non-hydrogen) atoms. The van der Waals surface area contributed by atoms with Gasteiger partial charge in [0.05, 0.1) is 13.7 Å². The number of pyridine rings is 1. The molecule has 1 heterocycles. The van der Waals surface area contributed by atoms with Gasteiger partial charge in [0.15, 0.2) is 11.5 Å². The summed E-state index contributed by atoms with van der Waals surface area (Å²) in [6, 6.07) is 9.28. The number of methoxy groups -OCH3 is 1. The first-order chi connectivity index (χ1) is 8.79. The Hall–Kier alpha value is -2.23. The van der Waals surface area contributed by atoms with E-state index in [9.17, 15) is 0 Å². The van der Waals surface area contributed by atoms with Crippen LogP contribution in [-0.2, 0) is 6.42 Å². The molecule has 1 aromatic carbocycles. The number of nitrogens with zero attached hydrogens (tertiary/aromatic N) is 1. The zero-order valence-electron chi connectivity index (χ0n) is 10.3. The number of hydrogen-bond acceptors (Lipinski definition) is 4. The van der Waals surface area contributed by atoms with Gasteiger partial charge >= 0.3 is 0 Å². The van der Waals surface area contributed by atoms with Gasteiger partial charge in [-0.25, -0.2) is 0 Å². The third-order valence-electron chi connectivity index (χ3n) is 2.56. The highest BCUT2D eigenvalue weighted by molar-refractivity contribution is 5.51. The second-order valence-corrected chi connectivity index (χ2v) is 3.87. The third kappa shape index (κ3) is 3.13. The first-order valence-electron chi connectivity index (χ1n) is 5.75. The summed E-state index contributed by atoms with van der Waals surface area (Å²) < 4.78 is 10.9. The Balaban J connectivity index is 1.96. The van der Waals surface area contributed by atoms with Crippen molar-refractivity contribution in [1.29, 1.82) is 0 Å². The fourth-order valence-corrected chi connectivity index (χ4v) is 1.63. The van der Waals surface area contributed by atoms with Gasteiger partial charge in [-0.15, -0.1) is 0 Å². The number of rotatable bonds is 5. The number of nitrogens with two attached hydrogens (primary N) is 1. The van der Waals surface area contributed by atoms with E-state index in [0.29, 0.717) is 23.8 Å². The summed E-state index contributed by atoms with van der Waals surface area (Å²) in [5.41, 5.74) is 7.52. The van der Waals surface area contributed by atoms with Gasteiger partial charge < -0.3 is 15.2 Å². The lowest BCUT2D eigenvalue weighted by molar-refractivity contribution is 0.298. The van der Waals surface area contributed by atoms with E-state index in [0.717, 1.165) is 12.0 Å². The Bertz CT molecular complexity index is 500. The van der Waals surface area contributed by atoms with Crippen molar-refractivity contribution < 1.29 is 9.47 Å². The van der Waals surface area contributed by atoms with E-state index < -0.39 is 0 Å². The van der Waals surface area contributed by atoms with Crippen molar-refractivity contribution in [2.75, 3.05) is 19.5 Å². The minimum absolute atomic E-state index is 0.561. The molecular formula is C14H16N2O2. The molecule has 4 heteroatoms. The standard InChI is InChI=1S/C14H16N2O2/c1-17-13-5-4-12(15)9-14(13)18-8-6-11-3-2-7-16-10-11/h2-5,7,9-10H,6,8,15H2,1H3. The highest BCUT2D eigenvalue weighted by atomic mass is 16.5. The molecule has 1 aromatic heterocycles. The van der Waals surface area contributed by atoms with Gasteiger partial charge in [-0.2, -0.15) is 0 Å². The molecule has 0 aliphatic rings. The molecule has 0 saturated heterocycles. The van der Waals surface area contributed by atoms with Crippen LogP contribution in [0.2, 0.25) is 0 Å². The lowest BCUT2D eigenvalue weighted by Crippen LogP contribution is -2.03. The molecule has 0 radical (unpaired) electrons. The van der Waals surface area contributed by atoms with Crippen LogP contribution in [0.25, 0.3) is 0 Å². The quantitative estimate of drug-likeness (QED) is 0.820. The maximum absolute atomic E-state index is 5.72. The predicted octanol–water partition coefficient (Wildman–Crippen LogP) is 2.29. The highest BCUT2D eigenvalue weighted by Crippen LogP contribution is 2.28. The summed E-state index contributed by atoms with van der Waals surface area (Å²) in [5, 5.41) is 0. The van der Waals surface area contributed by atoms with Crippen LogP contribution in [0.5, 0.6) is 11.5 Å². The van der Waals surface area contributed by atoms with Gasteiger partial charge in [-0.05, 0) is 23.8 Å². The highest BCUT2D eigenvalue weighted by Gasteiger charge is 2.04. The normalized spacial score (nSPS) is 10.1. The van der Waals surface area contributed by atoms with Crippen LogP contribution in [0, 0.1) is 0 Å². The molecule has 0 aliphatic carbocycles. The molecule has 0 bridgehead atoms. The second-order valence-electron chi connectivity index (χ2n) is 3.87. The molecule has 0 atom stereocenters.